The smallest absolute Gasteiger partial charge is 0.263 e. The lowest BCUT2D eigenvalue weighted by Gasteiger charge is -2.18. The van der Waals surface area contributed by atoms with E-state index in [1.807, 2.05) is 0 Å². The Morgan fingerprint density at radius 2 is 1.88 bits per heavy atom. The van der Waals surface area contributed by atoms with Crippen molar-refractivity contribution >= 4 is 52.4 Å². The van der Waals surface area contributed by atoms with E-state index in [0.29, 0.717) is 0 Å². The summed E-state index contributed by atoms with van der Waals surface area (Å²) in [7, 11) is 0. The third-order valence-corrected chi connectivity index (χ3v) is 2.58. The molecular formula is C8H5Cl3N4O2. The first-order valence-electron chi connectivity index (χ1n) is 4.37. The molecule has 2 rings (SSSR count). The van der Waals surface area contributed by atoms with Gasteiger partial charge in [0.15, 0.2) is 5.82 Å². The number of alkyl halides is 3. The molecule has 0 aliphatic carbocycles. The lowest BCUT2D eigenvalue weighted by Crippen LogP contribution is -2.39. The minimum absolute atomic E-state index is 0.0441. The van der Waals surface area contributed by atoms with Crippen LogP contribution in [-0.2, 0) is 15.0 Å². The van der Waals surface area contributed by atoms with Gasteiger partial charge in [-0.1, -0.05) is 34.8 Å². The molecule has 0 radical (unpaired) electrons. The van der Waals surface area contributed by atoms with E-state index in [1.165, 1.54) is 0 Å². The molecule has 90 valence electrons. The number of amides is 2. The number of nitrogens with two attached hydrogens (primary N) is 1. The molecule has 1 aromatic heterocycles. The summed E-state index contributed by atoms with van der Waals surface area (Å²) in [6.45, 7) is 0. The third kappa shape index (κ3) is 2.29. The number of nitrogens with one attached hydrogen (secondary N) is 1. The molecule has 0 saturated heterocycles. The van der Waals surface area contributed by atoms with E-state index >= 15 is 0 Å². The van der Waals surface area contributed by atoms with E-state index in [-0.39, 0.29) is 29.3 Å². The Balaban J connectivity index is 2.61. The molecule has 6 nitrogen and oxygen atoms in total. The van der Waals surface area contributed by atoms with Crippen LogP contribution in [0.25, 0.3) is 0 Å². The Morgan fingerprint density at radius 3 is 2.47 bits per heavy atom. The number of rotatable bonds is 0. The average molecular weight is 296 g/mol. The molecule has 1 aromatic rings. The second kappa shape index (κ2) is 3.97. The molecule has 0 unspecified atom stereocenters. The first kappa shape index (κ1) is 12.3. The summed E-state index contributed by atoms with van der Waals surface area (Å²) in [5.41, 5.74) is 5.78. The SMILES string of the molecule is Nc1nc(C(Cl)(Cl)Cl)nc2c1C(=O)NC(=O)C2. The van der Waals surface area contributed by atoms with Crippen LogP contribution >= 0.6 is 34.8 Å². The highest BCUT2D eigenvalue weighted by Crippen LogP contribution is 2.37. The summed E-state index contributed by atoms with van der Waals surface area (Å²) in [4.78, 5) is 30.3. The third-order valence-electron chi connectivity index (χ3n) is 2.07. The molecule has 9 heteroatoms. The zero-order chi connectivity index (χ0) is 12.8. The standard InChI is InChI=1S/C8H5Cl3N4O2/c9-8(10,11)7-13-2-1-3(16)14-6(17)4(2)5(12)15-7/h1H2,(H2,12,13,15)(H,14,16,17). The highest BCUT2D eigenvalue weighted by atomic mass is 35.6. The molecule has 0 fully saturated rings. The van der Waals surface area contributed by atoms with Crippen molar-refractivity contribution in [2.45, 2.75) is 10.2 Å². The fourth-order valence-corrected chi connectivity index (χ4v) is 1.67. The second-order valence-corrected chi connectivity index (χ2v) is 5.59. The Labute approximate surface area is 110 Å². The number of fused-ring (bicyclic) bond motifs is 1. The zero-order valence-corrected chi connectivity index (χ0v) is 10.4. The summed E-state index contributed by atoms with van der Waals surface area (Å²) < 4.78 is -1.86. The van der Waals surface area contributed by atoms with Crippen LogP contribution < -0.4 is 11.1 Å². The van der Waals surface area contributed by atoms with Gasteiger partial charge in [0.25, 0.3) is 5.91 Å². The van der Waals surface area contributed by atoms with E-state index in [9.17, 15) is 9.59 Å². The van der Waals surface area contributed by atoms with Crippen LogP contribution in [-0.4, -0.2) is 21.8 Å². The van der Waals surface area contributed by atoms with Gasteiger partial charge in [-0.05, 0) is 0 Å². The molecule has 0 saturated carbocycles. The van der Waals surface area contributed by atoms with Gasteiger partial charge in [-0.3, -0.25) is 14.9 Å². The van der Waals surface area contributed by atoms with Gasteiger partial charge in [-0.2, -0.15) is 0 Å². The van der Waals surface area contributed by atoms with Gasteiger partial charge >= 0.3 is 0 Å². The minimum atomic E-state index is -1.86. The molecule has 2 heterocycles. The number of carbonyl (C=O) groups is 2. The van der Waals surface area contributed by atoms with Crippen LogP contribution in [0, 0.1) is 0 Å². The second-order valence-electron chi connectivity index (χ2n) is 3.31. The fourth-order valence-electron chi connectivity index (χ4n) is 1.41. The number of hydrogen-bond donors (Lipinski definition) is 2. The number of carbonyl (C=O) groups excluding carboxylic acids is 2. The van der Waals surface area contributed by atoms with Crippen LogP contribution in [0.5, 0.6) is 0 Å². The van der Waals surface area contributed by atoms with Crippen molar-refractivity contribution < 1.29 is 9.59 Å². The first-order valence-corrected chi connectivity index (χ1v) is 5.50. The number of imide groups is 1. The van der Waals surface area contributed by atoms with Gasteiger partial charge in [-0.15, -0.1) is 0 Å². The van der Waals surface area contributed by atoms with Gasteiger partial charge in [-0.25, -0.2) is 9.97 Å². The normalized spacial score (nSPS) is 15.5. The average Bonchev–Trinajstić information content (AvgIpc) is 2.13. The molecule has 0 aromatic carbocycles. The highest BCUT2D eigenvalue weighted by molar-refractivity contribution is 6.66. The number of halogens is 3. The molecule has 0 spiro atoms. The van der Waals surface area contributed by atoms with Gasteiger partial charge in [0.2, 0.25) is 9.70 Å². The molecule has 3 N–H and O–H groups in total. The van der Waals surface area contributed by atoms with Crippen molar-refractivity contribution in [1.82, 2.24) is 15.3 Å². The van der Waals surface area contributed by atoms with Gasteiger partial charge < -0.3 is 5.73 Å². The molecule has 1 aliphatic heterocycles. The van der Waals surface area contributed by atoms with Crippen molar-refractivity contribution in [3.05, 3.63) is 17.1 Å². The van der Waals surface area contributed by atoms with E-state index in [1.54, 1.807) is 0 Å². The van der Waals surface area contributed by atoms with Crippen molar-refractivity contribution in [2.24, 2.45) is 0 Å². The number of nitrogen functional groups attached to an aromatic ring is 1. The summed E-state index contributed by atoms with van der Waals surface area (Å²) in [6.07, 6.45) is -0.110. The van der Waals surface area contributed by atoms with Crippen molar-refractivity contribution in [3.8, 4) is 0 Å². The van der Waals surface area contributed by atoms with Gasteiger partial charge in [0.1, 0.15) is 11.4 Å². The van der Waals surface area contributed by atoms with Gasteiger partial charge in [0.05, 0.1) is 12.1 Å². The van der Waals surface area contributed by atoms with E-state index < -0.39 is 15.6 Å². The topological polar surface area (TPSA) is 98.0 Å². The lowest BCUT2D eigenvalue weighted by molar-refractivity contribution is -0.119. The van der Waals surface area contributed by atoms with E-state index in [4.69, 9.17) is 40.5 Å². The minimum Gasteiger partial charge on any atom is -0.383 e. The fraction of sp³-hybridized carbons (Fsp3) is 0.250. The molecule has 0 bridgehead atoms. The van der Waals surface area contributed by atoms with E-state index in [2.05, 4.69) is 15.3 Å². The zero-order valence-electron chi connectivity index (χ0n) is 8.13. The molecule has 0 atom stereocenters. The monoisotopic (exact) mass is 294 g/mol. The van der Waals surface area contributed by atoms with Crippen LogP contribution in [0.2, 0.25) is 0 Å². The molecule has 2 amide bonds. The number of hydrogen-bond acceptors (Lipinski definition) is 5. The predicted octanol–water partition coefficient (Wildman–Crippen LogP) is 0.698. The molecule has 17 heavy (non-hydrogen) atoms. The van der Waals surface area contributed by atoms with Gasteiger partial charge in [0, 0.05) is 0 Å². The maximum absolute atomic E-state index is 11.5. The van der Waals surface area contributed by atoms with Crippen molar-refractivity contribution in [3.63, 3.8) is 0 Å². The van der Waals surface area contributed by atoms with Crippen LogP contribution in [0.1, 0.15) is 21.9 Å². The Morgan fingerprint density at radius 1 is 1.24 bits per heavy atom. The predicted molar refractivity (Wildman–Crippen MR) is 61.9 cm³/mol. The van der Waals surface area contributed by atoms with Crippen LogP contribution in [0.15, 0.2) is 0 Å². The number of nitrogens with zero attached hydrogens (tertiary/aromatic N) is 2. The Hall–Kier alpha value is -1.11. The summed E-state index contributed by atoms with van der Waals surface area (Å²) >= 11 is 16.8. The number of aromatic nitrogens is 2. The summed E-state index contributed by atoms with van der Waals surface area (Å²) in [5.74, 6) is -1.43. The largest absolute Gasteiger partial charge is 0.383 e. The van der Waals surface area contributed by atoms with Crippen molar-refractivity contribution in [1.29, 1.82) is 0 Å². The maximum atomic E-state index is 11.5. The number of anilines is 1. The Kier molecular flexibility index (Phi) is 2.89. The highest BCUT2D eigenvalue weighted by Gasteiger charge is 2.33. The molecular weight excluding hydrogens is 290 g/mol. The maximum Gasteiger partial charge on any atom is 0.263 e. The summed E-state index contributed by atoms with van der Waals surface area (Å²) in [5, 5.41) is 2.10. The summed E-state index contributed by atoms with van der Waals surface area (Å²) in [6, 6.07) is 0. The Bertz CT molecular complexity index is 526. The quantitative estimate of drug-likeness (QED) is 0.542. The van der Waals surface area contributed by atoms with Crippen molar-refractivity contribution in [2.75, 3.05) is 5.73 Å². The van der Waals surface area contributed by atoms with E-state index in [0.717, 1.165) is 0 Å². The first-order chi connectivity index (χ1) is 7.79. The lowest BCUT2D eigenvalue weighted by atomic mass is 10.1. The van der Waals surface area contributed by atoms with Crippen LogP contribution in [0.4, 0.5) is 5.82 Å². The van der Waals surface area contributed by atoms with Crippen LogP contribution in [0.3, 0.4) is 0 Å². The molecule has 1 aliphatic rings.